The molecule has 0 fully saturated rings. The van der Waals surface area contributed by atoms with Gasteiger partial charge in [0.2, 0.25) is 0 Å². The maximum Gasteiger partial charge on any atom is 0.0187 e. The molecule has 0 amide bonds. The number of benzene rings is 2. The molecule has 0 N–H and O–H groups in total. The van der Waals surface area contributed by atoms with Crippen molar-refractivity contribution >= 4 is 0 Å². The Bertz CT molecular complexity index is 656. The fourth-order valence-electron chi connectivity index (χ4n) is 4.37. The van der Waals surface area contributed by atoms with E-state index in [1.165, 1.54) is 67.2 Å². The molecule has 2 aromatic carbocycles. The number of hydrogen-bond acceptors (Lipinski definition) is 0. The van der Waals surface area contributed by atoms with Gasteiger partial charge in [0.05, 0.1) is 0 Å². The second kappa shape index (κ2) is 7.13. The zero-order chi connectivity index (χ0) is 17.2. The molecule has 0 bridgehead atoms. The first-order valence-corrected chi connectivity index (χ1v) is 9.79. The van der Waals surface area contributed by atoms with Crippen molar-refractivity contribution in [3.63, 3.8) is 0 Å². The second-order valence-electron chi connectivity index (χ2n) is 7.95. The van der Waals surface area contributed by atoms with Crippen LogP contribution < -0.4 is 0 Å². The van der Waals surface area contributed by atoms with E-state index >= 15 is 0 Å². The Balaban J connectivity index is 1.86. The van der Waals surface area contributed by atoms with Crippen molar-refractivity contribution in [3.05, 3.63) is 58.7 Å². The van der Waals surface area contributed by atoms with Crippen LogP contribution in [0.3, 0.4) is 0 Å². The summed E-state index contributed by atoms with van der Waals surface area (Å²) in [6.07, 6.45) is 9.49. The Morgan fingerprint density at radius 1 is 0.708 bits per heavy atom. The number of fused-ring (bicyclic) bond motifs is 3. The van der Waals surface area contributed by atoms with Gasteiger partial charge < -0.3 is 0 Å². The van der Waals surface area contributed by atoms with Gasteiger partial charge in [-0.1, -0.05) is 99.9 Å². The molecule has 1 aliphatic rings. The zero-order valence-electron chi connectivity index (χ0n) is 15.9. The van der Waals surface area contributed by atoms with Crippen molar-refractivity contribution in [3.8, 4) is 11.1 Å². The molecule has 1 aliphatic carbocycles. The lowest BCUT2D eigenvalue weighted by Gasteiger charge is -2.28. The van der Waals surface area contributed by atoms with Crippen molar-refractivity contribution < 1.29 is 0 Å². The first-order chi connectivity index (χ1) is 11.6. The molecule has 2 aromatic rings. The molecule has 0 heterocycles. The highest BCUT2D eigenvalue weighted by Crippen LogP contribution is 2.51. The summed E-state index contributed by atoms with van der Waals surface area (Å²) in [7, 11) is 0. The number of aryl methyl sites for hydroxylation is 2. The van der Waals surface area contributed by atoms with Gasteiger partial charge in [0.25, 0.3) is 0 Å². The van der Waals surface area contributed by atoms with Gasteiger partial charge in [-0.15, -0.1) is 0 Å². The molecule has 0 aliphatic heterocycles. The minimum atomic E-state index is 0.188. The van der Waals surface area contributed by atoms with Crippen LogP contribution in [0, 0.1) is 13.8 Å². The monoisotopic (exact) mass is 320 g/mol. The molecule has 3 rings (SSSR count). The Kier molecular flexibility index (Phi) is 5.13. The first kappa shape index (κ1) is 17.3. The van der Waals surface area contributed by atoms with E-state index in [9.17, 15) is 0 Å². The zero-order valence-corrected chi connectivity index (χ0v) is 15.9. The van der Waals surface area contributed by atoms with E-state index < -0.39 is 0 Å². The van der Waals surface area contributed by atoms with Crippen LogP contribution in [-0.2, 0) is 5.41 Å². The van der Waals surface area contributed by atoms with Crippen molar-refractivity contribution in [1.29, 1.82) is 0 Å². The van der Waals surface area contributed by atoms with E-state index in [2.05, 4.69) is 64.1 Å². The van der Waals surface area contributed by atoms with E-state index in [0.29, 0.717) is 0 Å². The third-order valence-corrected chi connectivity index (χ3v) is 5.86. The van der Waals surface area contributed by atoms with Crippen LogP contribution in [-0.4, -0.2) is 0 Å². The molecule has 0 saturated carbocycles. The van der Waals surface area contributed by atoms with Gasteiger partial charge >= 0.3 is 0 Å². The minimum absolute atomic E-state index is 0.188. The maximum atomic E-state index is 2.47. The average molecular weight is 321 g/mol. The summed E-state index contributed by atoms with van der Waals surface area (Å²) in [6.45, 7) is 9.21. The van der Waals surface area contributed by atoms with Crippen LogP contribution in [0.2, 0.25) is 0 Å². The Labute approximate surface area is 148 Å². The lowest BCUT2D eigenvalue weighted by atomic mass is 9.75. The number of hydrogen-bond donors (Lipinski definition) is 0. The Hall–Kier alpha value is -1.56. The van der Waals surface area contributed by atoms with Crippen LogP contribution in [0.25, 0.3) is 11.1 Å². The normalized spacial score (nSPS) is 14.5. The van der Waals surface area contributed by atoms with E-state index in [4.69, 9.17) is 0 Å². The Morgan fingerprint density at radius 3 is 1.75 bits per heavy atom. The molecule has 0 spiro atoms. The molecular weight excluding hydrogens is 288 g/mol. The van der Waals surface area contributed by atoms with E-state index in [0.717, 1.165) is 0 Å². The van der Waals surface area contributed by atoms with E-state index in [1.54, 1.807) is 11.1 Å². The molecule has 0 aromatic heterocycles. The lowest BCUT2D eigenvalue weighted by Crippen LogP contribution is -2.21. The van der Waals surface area contributed by atoms with E-state index in [1.807, 2.05) is 0 Å². The highest BCUT2D eigenvalue weighted by molar-refractivity contribution is 5.81. The van der Waals surface area contributed by atoms with Crippen LogP contribution in [0.4, 0.5) is 0 Å². The topological polar surface area (TPSA) is 0 Å². The lowest BCUT2D eigenvalue weighted by molar-refractivity contribution is 0.480. The molecule has 128 valence electrons. The van der Waals surface area contributed by atoms with Crippen molar-refractivity contribution in [2.24, 2.45) is 0 Å². The summed E-state index contributed by atoms with van der Waals surface area (Å²) in [4.78, 5) is 0. The minimum Gasteiger partial charge on any atom is -0.0654 e. The Morgan fingerprint density at radius 2 is 1.21 bits per heavy atom. The summed E-state index contributed by atoms with van der Waals surface area (Å²) in [5.74, 6) is 0. The largest absolute Gasteiger partial charge is 0.0654 e. The van der Waals surface area contributed by atoms with Crippen molar-refractivity contribution in [1.82, 2.24) is 0 Å². The summed E-state index contributed by atoms with van der Waals surface area (Å²) in [5, 5.41) is 0. The molecule has 0 unspecified atom stereocenters. The van der Waals surface area contributed by atoms with Gasteiger partial charge in [0, 0.05) is 5.41 Å². The summed E-state index contributed by atoms with van der Waals surface area (Å²) >= 11 is 0. The third kappa shape index (κ3) is 3.16. The number of unbranched alkanes of at least 4 members (excludes halogenated alkanes) is 5. The van der Waals surface area contributed by atoms with Gasteiger partial charge in [0.15, 0.2) is 0 Å². The van der Waals surface area contributed by atoms with Gasteiger partial charge in [-0.3, -0.25) is 0 Å². The van der Waals surface area contributed by atoms with Gasteiger partial charge in [-0.25, -0.2) is 0 Å². The third-order valence-electron chi connectivity index (χ3n) is 5.86. The quantitative estimate of drug-likeness (QED) is 0.468. The van der Waals surface area contributed by atoms with Crippen LogP contribution >= 0.6 is 0 Å². The standard InChI is InChI=1S/C24H32/c1-5-6-7-8-9-10-15-24(4)22-16-18(2)11-13-20(22)21-14-12-19(3)17-23(21)24/h11-14,16-17H,5-10,15H2,1-4H3. The van der Waals surface area contributed by atoms with Crippen LogP contribution in [0.5, 0.6) is 0 Å². The molecular formula is C24H32. The predicted molar refractivity (Wildman–Crippen MR) is 106 cm³/mol. The fourth-order valence-corrected chi connectivity index (χ4v) is 4.37. The van der Waals surface area contributed by atoms with Crippen LogP contribution in [0.15, 0.2) is 36.4 Å². The van der Waals surface area contributed by atoms with Crippen LogP contribution in [0.1, 0.15) is 81.0 Å². The van der Waals surface area contributed by atoms with E-state index in [-0.39, 0.29) is 5.41 Å². The van der Waals surface area contributed by atoms with Gasteiger partial charge in [0.1, 0.15) is 0 Å². The van der Waals surface area contributed by atoms with Gasteiger partial charge in [-0.2, -0.15) is 0 Å². The fraction of sp³-hybridized carbons (Fsp3) is 0.500. The molecule has 0 nitrogen and oxygen atoms in total. The van der Waals surface area contributed by atoms with Crippen molar-refractivity contribution in [2.75, 3.05) is 0 Å². The molecule has 0 saturated heterocycles. The molecule has 0 heteroatoms. The smallest absolute Gasteiger partial charge is 0.0187 e. The SMILES string of the molecule is CCCCCCCCC1(C)c2cc(C)ccc2-c2ccc(C)cc21. The second-order valence-corrected chi connectivity index (χ2v) is 7.95. The molecule has 24 heavy (non-hydrogen) atoms. The highest BCUT2D eigenvalue weighted by Gasteiger charge is 2.38. The van der Waals surface area contributed by atoms with Crippen molar-refractivity contribution in [2.45, 2.75) is 78.1 Å². The van der Waals surface area contributed by atoms with Gasteiger partial charge in [-0.05, 0) is 42.5 Å². The first-order valence-electron chi connectivity index (χ1n) is 9.79. The highest BCUT2D eigenvalue weighted by atomic mass is 14.4. The number of rotatable bonds is 7. The predicted octanol–water partition coefficient (Wildman–Crippen LogP) is 7.34. The summed E-state index contributed by atoms with van der Waals surface area (Å²) in [5.41, 5.74) is 8.98. The summed E-state index contributed by atoms with van der Waals surface area (Å²) in [6, 6.07) is 14.1. The summed E-state index contributed by atoms with van der Waals surface area (Å²) < 4.78 is 0. The molecule has 0 atom stereocenters. The average Bonchev–Trinajstić information content (AvgIpc) is 2.80. The molecule has 0 radical (unpaired) electrons. The maximum absolute atomic E-state index is 2.47.